The number of methoxy groups -OCH3 is 2. The Bertz CT molecular complexity index is 1080. The zero-order valence-electron chi connectivity index (χ0n) is 24.3. The van der Waals surface area contributed by atoms with Gasteiger partial charge in [0.25, 0.3) is 0 Å². The second-order valence-corrected chi connectivity index (χ2v) is 10.6. The number of rotatable bonds is 8. The van der Waals surface area contributed by atoms with Gasteiger partial charge in [-0.15, -0.1) is 0 Å². The summed E-state index contributed by atoms with van der Waals surface area (Å²) in [7, 11) is 3.09. The molecule has 0 unspecified atom stereocenters. The quantitative estimate of drug-likeness (QED) is 0.483. The van der Waals surface area contributed by atoms with Crippen LogP contribution in [0.1, 0.15) is 52.6 Å². The highest BCUT2D eigenvalue weighted by atomic mass is 16.5. The van der Waals surface area contributed by atoms with Crippen molar-refractivity contribution in [3.05, 3.63) is 35.0 Å². The minimum Gasteiger partial charge on any atom is -0.493 e. The highest BCUT2D eigenvalue weighted by Crippen LogP contribution is 2.36. The van der Waals surface area contributed by atoms with Crippen LogP contribution in [0.5, 0.6) is 11.5 Å². The summed E-state index contributed by atoms with van der Waals surface area (Å²) in [6.45, 7) is 13.0. The van der Waals surface area contributed by atoms with Crippen molar-refractivity contribution in [1.29, 1.82) is 0 Å². The van der Waals surface area contributed by atoms with Crippen LogP contribution in [0, 0.1) is 0 Å². The third-order valence-electron chi connectivity index (χ3n) is 6.72. The van der Waals surface area contributed by atoms with Crippen molar-refractivity contribution >= 4 is 18.0 Å². The number of benzene rings is 1. The van der Waals surface area contributed by atoms with Gasteiger partial charge < -0.3 is 29.7 Å². The van der Waals surface area contributed by atoms with Gasteiger partial charge in [0, 0.05) is 50.5 Å². The topological polar surface area (TPSA) is 113 Å². The molecule has 2 aliphatic heterocycles. The Kier molecular flexibility index (Phi) is 10.1. The number of esters is 1. The molecule has 0 bridgehead atoms. The molecule has 1 aromatic rings. The fraction of sp³-hybridized carbons (Fsp3) is 0.607. The fourth-order valence-electron chi connectivity index (χ4n) is 4.88. The summed E-state index contributed by atoms with van der Waals surface area (Å²) in [5.74, 6) is 0.560. The van der Waals surface area contributed by atoms with Crippen molar-refractivity contribution in [2.75, 3.05) is 60.1 Å². The normalized spacial score (nSPS) is 18.8. The number of amides is 4. The molecule has 4 amide bonds. The predicted octanol–water partition coefficient (Wildman–Crippen LogP) is 3.12. The van der Waals surface area contributed by atoms with E-state index in [1.807, 2.05) is 38.7 Å². The van der Waals surface area contributed by atoms with Gasteiger partial charge in [-0.25, -0.2) is 14.4 Å². The lowest BCUT2D eigenvalue weighted by atomic mass is 9.93. The number of carbonyl (C=O) groups is 3. The number of carbonyl (C=O) groups excluding carboxylic acids is 3. The molecule has 0 saturated carbocycles. The van der Waals surface area contributed by atoms with Gasteiger partial charge in [-0.2, -0.15) is 0 Å². The average Bonchev–Trinajstić information content (AvgIpc) is 3.13. The van der Waals surface area contributed by atoms with E-state index in [0.29, 0.717) is 61.1 Å². The minimum atomic E-state index is -0.727. The van der Waals surface area contributed by atoms with Crippen molar-refractivity contribution in [2.24, 2.45) is 0 Å². The molecule has 2 heterocycles. The summed E-state index contributed by atoms with van der Waals surface area (Å²) in [6, 6.07) is 4.22. The van der Waals surface area contributed by atoms with Gasteiger partial charge in [-0.3, -0.25) is 9.80 Å². The van der Waals surface area contributed by atoms with Gasteiger partial charge in [-0.05, 0) is 58.7 Å². The first-order valence-electron chi connectivity index (χ1n) is 13.5. The van der Waals surface area contributed by atoms with Crippen LogP contribution in [0.4, 0.5) is 9.59 Å². The molecule has 11 heteroatoms. The van der Waals surface area contributed by atoms with E-state index in [-0.39, 0.29) is 24.2 Å². The molecule has 1 aromatic carbocycles. The molecule has 1 atom stereocenters. The summed E-state index contributed by atoms with van der Waals surface area (Å²) < 4.78 is 16.3. The lowest BCUT2D eigenvalue weighted by Gasteiger charge is -2.38. The lowest BCUT2D eigenvalue weighted by Crippen LogP contribution is -2.51. The molecular weight excluding hydrogens is 502 g/mol. The van der Waals surface area contributed by atoms with E-state index >= 15 is 0 Å². The molecular formula is C28H43N5O6. The predicted molar refractivity (Wildman–Crippen MR) is 148 cm³/mol. The molecule has 0 aliphatic carbocycles. The smallest absolute Gasteiger partial charge is 0.338 e. The number of nitrogens with zero attached hydrogens (tertiary/aromatic N) is 3. The van der Waals surface area contributed by atoms with E-state index in [9.17, 15) is 14.4 Å². The molecule has 2 aliphatic rings. The molecule has 0 aromatic heterocycles. The molecule has 216 valence electrons. The fourth-order valence-corrected chi connectivity index (χ4v) is 4.88. The summed E-state index contributed by atoms with van der Waals surface area (Å²) in [6.07, 6.45) is 0.775. The Morgan fingerprint density at radius 2 is 1.77 bits per heavy atom. The Labute approximate surface area is 231 Å². The first-order valence-corrected chi connectivity index (χ1v) is 13.5. The molecule has 0 radical (unpaired) electrons. The number of nitrogens with one attached hydrogen (secondary N) is 2. The Hall–Kier alpha value is -3.47. The second-order valence-electron chi connectivity index (χ2n) is 10.6. The van der Waals surface area contributed by atoms with E-state index in [0.717, 1.165) is 13.0 Å². The molecule has 0 spiro atoms. The minimum absolute atomic E-state index is 0.0866. The average molecular weight is 546 g/mol. The molecule has 11 nitrogen and oxygen atoms in total. The van der Waals surface area contributed by atoms with Crippen molar-refractivity contribution in [3.8, 4) is 11.5 Å². The van der Waals surface area contributed by atoms with E-state index in [1.165, 1.54) is 7.11 Å². The number of hydrogen-bond donors (Lipinski definition) is 2. The van der Waals surface area contributed by atoms with Crippen LogP contribution in [0.25, 0.3) is 0 Å². The van der Waals surface area contributed by atoms with Crippen LogP contribution in [0.15, 0.2) is 29.5 Å². The summed E-state index contributed by atoms with van der Waals surface area (Å²) in [4.78, 5) is 45.1. The van der Waals surface area contributed by atoms with Crippen LogP contribution >= 0.6 is 0 Å². The summed E-state index contributed by atoms with van der Waals surface area (Å²) in [5, 5.41) is 6.02. The van der Waals surface area contributed by atoms with Gasteiger partial charge in [-0.1, -0.05) is 6.07 Å². The van der Waals surface area contributed by atoms with Crippen LogP contribution < -0.4 is 20.1 Å². The van der Waals surface area contributed by atoms with E-state index in [4.69, 9.17) is 14.2 Å². The standard InChI is InChI=1S/C28H43N5O6/c1-8-33-20(18-31-13-10-14-32(16-15-31)27(36)30-28(3,4)5)23(25(34)39-9-2)24(29-26(33)35)19-11-12-21(37-6)22(17-19)38-7/h11-12,17,24H,8-10,13-16,18H2,1-7H3,(H,29,35)(H,30,36)/t24-/m0/s1. The monoisotopic (exact) mass is 545 g/mol. The Morgan fingerprint density at radius 1 is 1.05 bits per heavy atom. The molecule has 1 fully saturated rings. The molecule has 1 saturated heterocycles. The van der Waals surface area contributed by atoms with E-state index in [1.54, 1.807) is 31.1 Å². The van der Waals surface area contributed by atoms with Crippen LogP contribution in [0.2, 0.25) is 0 Å². The number of urea groups is 2. The Morgan fingerprint density at radius 3 is 2.38 bits per heavy atom. The van der Waals surface area contributed by atoms with Gasteiger partial charge in [0.05, 0.1) is 32.4 Å². The van der Waals surface area contributed by atoms with Crippen LogP contribution in [0.3, 0.4) is 0 Å². The largest absolute Gasteiger partial charge is 0.493 e. The first-order chi connectivity index (χ1) is 18.5. The summed E-state index contributed by atoms with van der Waals surface area (Å²) >= 11 is 0. The number of likely N-dealkylation sites (N-methyl/N-ethyl adjacent to an activating group) is 1. The van der Waals surface area contributed by atoms with Crippen LogP contribution in [-0.4, -0.2) is 98.4 Å². The zero-order valence-corrected chi connectivity index (χ0v) is 24.3. The number of ether oxygens (including phenoxy) is 3. The van der Waals surface area contributed by atoms with E-state index in [2.05, 4.69) is 15.5 Å². The molecule has 3 rings (SSSR count). The van der Waals surface area contributed by atoms with Gasteiger partial charge in [0.1, 0.15) is 0 Å². The SMILES string of the molecule is CCOC(=O)C1=C(CN2CCCN(C(=O)NC(C)(C)C)CC2)N(CC)C(=O)N[C@H]1c1ccc(OC)c(OC)c1. The number of hydrogen-bond acceptors (Lipinski definition) is 7. The maximum absolute atomic E-state index is 13.4. The first kappa shape index (κ1) is 30.1. The maximum Gasteiger partial charge on any atom is 0.338 e. The highest BCUT2D eigenvalue weighted by molar-refractivity contribution is 5.95. The molecule has 2 N–H and O–H groups in total. The van der Waals surface area contributed by atoms with Crippen molar-refractivity contribution in [1.82, 2.24) is 25.3 Å². The van der Waals surface area contributed by atoms with Gasteiger partial charge in [0.2, 0.25) is 0 Å². The zero-order chi connectivity index (χ0) is 28.7. The van der Waals surface area contributed by atoms with Gasteiger partial charge in [0.15, 0.2) is 11.5 Å². The Balaban J connectivity index is 1.97. The third kappa shape index (κ3) is 7.35. The van der Waals surface area contributed by atoms with Crippen molar-refractivity contribution < 1.29 is 28.6 Å². The second kappa shape index (κ2) is 13.1. The van der Waals surface area contributed by atoms with Crippen molar-refractivity contribution in [2.45, 2.75) is 52.6 Å². The maximum atomic E-state index is 13.4. The van der Waals surface area contributed by atoms with Crippen LogP contribution in [-0.2, 0) is 9.53 Å². The highest BCUT2D eigenvalue weighted by Gasteiger charge is 2.39. The van der Waals surface area contributed by atoms with E-state index < -0.39 is 12.0 Å². The summed E-state index contributed by atoms with van der Waals surface area (Å²) in [5.41, 5.74) is 1.35. The lowest BCUT2D eigenvalue weighted by molar-refractivity contribution is -0.139. The molecule has 39 heavy (non-hydrogen) atoms. The van der Waals surface area contributed by atoms with Gasteiger partial charge >= 0.3 is 18.0 Å². The van der Waals surface area contributed by atoms with Crippen molar-refractivity contribution in [3.63, 3.8) is 0 Å². The third-order valence-corrected chi connectivity index (χ3v) is 6.72.